The van der Waals surface area contributed by atoms with Crippen LogP contribution in [0.25, 0.3) is 0 Å². The Kier molecular flexibility index (Phi) is 3.67. The third-order valence-corrected chi connectivity index (χ3v) is 4.43. The third kappa shape index (κ3) is 2.45. The van der Waals surface area contributed by atoms with Gasteiger partial charge in [0.2, 0.25) is 0 Å². The monoisotopic (exact) mass is 258 g/mol. The number of carbonyl (C=O) groups is 1. The van der Waals surface area contributed by atoms with E-state index in [2.05, 4.69) is 35.3 Å². The van der Waals surface area contributed by atoms with Crippen LogP contribution in [0.3, 0.4) is 0 Å². The number of hydrogen-bond donors (Lipinski definition) is 1. The van der Waals surface area contributed by atoms with Crippen LogP contribution in [0.2, 0.25) is 0 Å². The smallest absolute Gasteiger partial charge is 0.180 e. The zero-order valence-electron chi connectivity index (χ0n) is 11.6. The highest BCUT2D eigenvalue weighted by Crippen LogP contribution is 2.26. The second-order valence-electron chi connectivity index (χ2n) is 5.55. The first-order valence-electron chi connectivity index (χ1n) is 7.40. The Morgan fingerprint density at radius 3 is 2.84 bits per heavy atom. The van der Waals surface area contributed by atoms with Crippen molar-refractivity contribution >= 4 is 5.78 Å². The summed E-state index contributed by atoms with van der Waals surface area (Å²) in [6, 6.07) is 6.55. The molecule has 3 nitrogen and oxygen atoms in total. The van der Waals surface area contributed by atoms with E-state index in [1.165, 1.54) is 11.1 Å². The van der Waals surface area contributed by atoms with Crippen LogP contribution < -0.4 is 5.32 Å². The number of Topliss-reactive ketones (excluding diaryl/α,β-unsaturated/α-hetero) is 1. The molecule has 0 amide bonds. The molecule has 0 aromatic heterocycles. The molecule has 0 bridgehead atoms. The number of piperazine rings is 1. The van der Waals surface area contributed by atoms with Crippen molar-refractivity contribution in [2.75, 3.05) is 26.2 Å². The lowest BCUT2D eigenvalue weighted by Gasteiger charge is -2.36. The van der Waals surface area contributed by atoms with E-state index in [0.29, 0.717) is 5.78 Å². The number of ketones is 1. The average molecular weight is 258 g/mol. The Morgan fingerprint density at radius 1 is 1.32 bits per heavy atom. The fourth-order valence-corrected chi connectivity index (χ4v) is 3.24. The standard InChI is InChI=1S/C16H22N2O/c1-2-12-3-4-13-5-6-15(16(19)14(13)11-12)18-9-7-17-8-10-18/h3-4,11,15,17H,2,5-10H2,1H3. The van der Waals surface area contributed by atoms with Crippen molar-refractivity contribution in [2.45, 2.75) is 32.2 Å². The summed E-state index contributed by atoms with van der Waals surface area (Å²) in [6.07, 6.45) is 3.02. The molecule has 1 aliphatic heterocycles. The minimum Gasteiger partial charge on any atom is -0.314 e. The molecule has 1 unspecified atom stereocenters. The van der Waals surface area contributed by atoms with Crippen LogP contribution in [-0.4, -0.2) is 42.9 Å². The molecular formula is C16H22N2O. The van der Waals surface area contributed by atoms with Crippen molar-refractivity contribution in [3.63, 3.8) is 0 Å². The van der Waals surface area contributed by atoms with Gasteiger partial charge in [0, 0.05) is 31.7 Å². The van der Waals surface area contributed by atoms with E-state index in [1.54, 1.807) is 0 Å². The minimum atomic E-state index is 0.113. The van der Waals surface area contributed by atoms with Crippen molar-refractivity contribution in [3.05, 3.63) is 34.9 Å². The molecule has 0 saturated carbocycles. The predicted octanol–water partition coefficient (Wildman–Crippen LogP) is 1.65. The third-order valence-electron chi connectivity index (χ3n) is 4.43. The zero-order valence-corrected chi connectivity index (χ0v) is 11.6. The molecule has 3 heteroatoms. The molecular weight excluding hydrogens is 236 g/mol. The van der Waals surface area contributed by atoms with Gasteiger partial charge in [-0.2, -0.15) is 0 Å². The van der Waals surface area contributed by atoms with Crippen LogP contribution >= 0.6 is 0 Å². The number of nitrogens with zero attached hydrogens (tertiary/aromatic N) is 1. The lowest BCUT2D eigenvalue weighted by Crippen LogP contribution is -2.52. The van der Waals surface area contributed by atoms with E-state index in [9.17, 15) is 4.79 Å². The molecule has 0 radical (unpaired) electrons. The van der Waals surface area contributed by atoms with Gasteiger partial charge in [0.15, 0.2) is 5.78 Å². The van der Waals surface area contributed by atoms with Gasteiger partial charge >= 0.3 is 0 Å². The highest BCUT2D eigenvalue weighted by Gasteiger charge is 2.32. The molecule has 1 atom stereocenters. The average Bonchev–Trinajstić information content (AvgIpc) is 2.48. The van der Waals surface area contributed by atoms with Gasteiger partial charge in [0.05, 0.1) is 6.04 Å². The molecule has 1 aromatic rings. The lowest BCUT2D eigenvalue weighted by molar-refractivity contribution is 0.0766. The van der Waals surface area contributed by atoms with Crippen LogP contribution in [0.15, 0.2) is 18.2 Å². The molecule has 3 rings (SSSR count). The summed E-state index contributed by atoms with van der Waals surface area (Å²) >= 11 is 0. The quantitative estimate of drug-likeness (QED) is 0.875. The van der Waals surface area contributed by atoms with Crippen LogP contribution in [0, 0.1) is 0 Å². The van der Waals surface area contributed by atoms with Crippen molar-refractivity contribution in [1.29, 1.82) is 0 Å². The summed E-state index contributed by atoms with van der Waals surface area (Å²) in [6.45, 7) is 6.15. The molecule has 1 aromatic carbocycles. The van der Waals surface area contributed by atoms with Gasteiger partial charge in [0.25, 0.3) is 0 Å². The molecule has 1 N–H and O–H groups in total. The van der Waals surface area contributed by atoms with E-state index in [-0.39, 0.29) is 6.04 Å². The first-order chi connectivity index (χ1) is 9.29. The Bertz CT molecular complexity index is 478. The SMILES string of the molecule is CCc1ccc2c(c1)C(=O)C(N1CCNCC1)CC2. The normalized spacial score (nSPS) is 24.3. The van der Waals surface area contributed by atoms with Crippen molar-refractivity contribution in [3.8, 4) is 0 Å². The second kappa shape index (κ2) is 5.43. The Morgan fingerprint density at radius 2 is 2.11 bits per heavy atom. The predicted molar refractivity (Wildman–Crippen MR) is 76.7 cm³/mol. The van der Waals surface area contributed by atoms with Crippen molar-refractivity contribution in [1.82, 2.24) is 10.2 Å². The summed E-state index contributed by atoms with van der Waals surface area (Å²) in [5.41, 5.74) is 3.50. The van der Waals surface area contributed by atoms with E-state index in [0.717, 1.165) is 51.0 Å². The molecule has 0 spiro atoms. The molecule has 1 fully saturated rings. The summed E-state index contributed by atoms with van der Waals surface area (Å²) in [5.74, 6) is 0.346. The number of aryl methyl sites for hydroxylation is 2. The van der Waals surface area contributed by atoms with Gasteiger partial charge in [-0.3, -0.25) is 9.69 Å². The maximum Gasteiger partial charge on any atom is 0.180 e. The summed E-state index contributed by atoms with van der Waals surface area (Å²) in [7, 11) is 0. The second-order valence-corrected chi connectivity index (χ2v) is 5.55. The first-order valence-corrected chi connectivity index (χ1v) is 7.40. The fraction of sp³-hybridized carbons (Fsp3) is 0.562. The van der Waals surface area contributed by atoms with Crippen LogP contribution in [0.5, 0.6) is 0 Å². The number of fused-ring (bicyclic) bond motifs is 1. The Labute approximate surface area is 115 Å². The van der Waals surface area contributed by atoms with Crippen molar-refractivity contribution in [2.24, 2.45) is 0 Å². The summed E-state index contributed by atoms with van der Waals surface area (Å²) in [4.78, 5) is 15.1. The first kappa shape index (κ1) is 12.8. The van der Waals surface area contributed by atoms with Gasteiger partial charge in [-0.15, -0.1) is 0 Å². The maximum atomic E-state index is 12.7. The largest absolute Gasteiger partial charge is 0.314 e. The summed E-state index contributed by atoms with van der Waals surface area (Å²) in [5, 5.41) is 3.35. The van der Waals surface area contributed by atoms with Gasteiger partial charge < -0.3 is 5.32 Å². The fourth-order valence-electron chi connectivity index (χ4n) is 3.24. The molecule has 1 saturated heterocycles. The highest BCUT2D eigenvalue weighted by molar-refractivity contribution is 6.02. The topological polar surface area (TPSA) is 32.3 Å². The van der Waals surface area contributed by atoms with Crippen LogP contribution in [-0.2, 0) is 12.8 Å². The summed E-state index contributed by atoms with van der Waals surface area (Å²) < 4.78 is 0. The van der Waals surface area contributed by atoms with Gasteiger partial charge in [-0.1, -0.05) is 19.1 Å². The Balaban J connectivity index is 1.85. The highest BCUT2D eigenvalue weighted by atomic mass is 16.1. The lowest BCUT2D eigenvalue weighted by atomic mass is 9.85. The van der Waals surface area contributed by atoms with E-state index < -0.39 is 0 Å². The number of hydrogen-bond acceptors (Lipinski definition) is 3. The zero-order chi connectivity index (χ0) is 13.2. The molecule has 102 valence electrons. The van der Waals surface area contributed by atoms with Crippen LogP contribution in [0.1, 0.15) is 34.8 Å². The molecule has 19 heavy (non-hydrogen) atoms. The number of nitrogens with one attached hydrogen (secondary N) is 1. The van der Waals surface area contributed by atoms with Gasteiger partial charge in [0.1, 0.15) is 0 Å². The molecule has 1 aliphatic carbocycles. The maximum absolute atomic E-state index is 12.7. The van der Waals surface area contributed by atoms with Gasteiger partial charge in [-0.05, 0) is 36.5 Å². The van der Waals surface area contributed by atoms with Gasteiger partial charge in [-0.25, -0.2) is 0 Å². The van der Waals surface area contributed by atoms with E-state index in [4.69, 9.17) is 0 Å². The van der Waals surface area contributed by atoms with E-state index >= 15 is 0 Å². The molecule has 1 heterocycles. The van der Waals surface area contributed by atoms with Crippen molar-refractivity contribution < 1.29 is 4.79 Å². The minimum absolute atomic E-state index is 0.113. The molecule has 2 aliphatic rings. The van der Waals surface area contributed by atoms with Crippen LogP contribution in [0.4, 0.5) is 0 Å². The Hall–Kier alpha value is -1.19. The number of carbonyl (C=O) groups excluding carboxylic acids is 1. The number of benzene rings is 1. The number of rotatable bonds is 2. The van der Waals surface area contributed by atoms with E-state index in [1.807, 2.05) is 0 Å².